The molecule has 1 aliphatic rings. The van der Waals surface area contributed by atoms with Crippen molar-refractivity contribution < 1.29 is 4.74 Å². The van der Waals surface area contributed by atoms with Crippen molar-refractivity contribution in [3.05, 3.63) is 59.3 Å². The Bertz CT molecular complexity index is 614. The SMILES string of the molecule is COc1ncccc1CN1CCc2ccccc2C1CN. The highest BCUT2D eigenvalue weighted by Crippen LogP contribution is 2.31. The third-order valence-corrected chi connectivity index (χ3v) is 4.16. The predicted octanol–water partition coefficient (Wildman–Crippen LogP) is 2.15. The van der Waals surface area contributed by atoms with E-state index >= 15 is 0 Å². The number of nitrogens with zero attached hydrogens (tertiary/aromatic N) is 2. The van der Waals surface area contributed by atoms with Crippen molar-refractivity contribution in [1.29, 1.82) is 0 Å². The smallest absolute Gasteiger partial charge is 0.217 e. The number of pyridine rings is 1. The van der Waals surface area contributed by atoms with Gasteiger partial charge in [0.25, 0.3) is 0 Å². The van der Waals surface area contributed by atoms with Crippen molar-refractivity contribution in [2.45, 2.75) is 19.0 Å². The summed E-state index contributed by atoms with van der Waals surface area (Å²) in [6.45, 7) is 2.45. The van der Waals surface area contributed by atoms with Crippen LogP contribution in [0.15, 0.2) is 42.6 Å². The molecule has 0 saturated carbocycles. The summed E-state index contributed by atoms with van der Waals surface area (Å²) in [5.41, 5.74) is 9.93. The van der Waals surface area contributed by atoms with E-state index in [9.17, 15) is 0 Å². The summed E-state index contributed by atoms with van der Waals surface area (Å²) >= 11 is 0. The van der Waals surface area contributed by atoms with E-state index in [1.165, 1.54) is 11.1 Å². The van der Waals surface area contributed by atoms with Gasteiger partial charge in [0.15, 0.2) is 0 Å². The fraction of sp³-hybridized carbons (Fsp3) is 0.353. The molecule has 2 N–H and O–H groups in total. The molecule has 1 aromatic heterocycles. The van der Waals surface area contributed by atoms with Crippen LogP contribution in [0, 0.1) is 0 Å². The third-order valence-electron chi connectivity index (χ3n) is 4.16. The van der Waals surface area contributed by atoms with Crippen molar-refractivity contribution in [2.24, 2.45) is 5.73 Å². The van der Waals surface area contributed by atoms with Gasteiger partial charge in [-0.15, -0.1) is 0 Å². The van der Waals surface area contributed by atoms with E-state index in [4.69, 9.17) is 10.5 Å². The molecule has 1 aromatic carbocycles. The number of ether oxygens (including phenoxy) is 1. The molecule has 0 bridgehead atoms. The van der Waals surface area contributed by atoms with Crippen LogP contribution in [0.25, 0.3) is 0 Å². The maximum Gasteiger partial charge on any atom is 0.217 e. The van der Waals surface area contributed by atoms with Gasteiger partial charge in [-0.1, -0.05) is 30.3 Å². The largest absolute Gasteiger partial charge is 0.481 e. The minimum absolute atomic E-state index is 0.264. The molecule has 0 saturated heterocycles. The van der Waals surface area contributed by atoms with Crippen molar-refractivity contribution >= 4 is 0 Å². The Kier molecular flexibility index (Phi) is 4.18. The number of aromatic nitrogens is 1. The monoisotopic (exact) mass is 283 g/mol. The molecular formula is C17H21N3O. The minimum Gasteiger partial charge on any atom is -0.481 e. The number of fused-ring (bicyclic) bond motifs is 1. The Morgan fingerprint density at radius 2 is 2.14 bits per heavy atom. The molecule has 0 fully saturated rings. The van der Waals surface area contributed by atoms with Crippen LogP contribution in [-0.4, -0.2) is 30.1 Å². The number of hydrogen-bond donors (Lipinski definition) is 1. The van der Waals surface area contributed by atoms with Crippen molar-refractivity contribution in [3.63, 3.8) is 0 Å². The van der Waals surface area contributed by atoms with Gasteiger partial charge in [0.05, 0.1) is 7.11 Å². The molecule has 4 nitrogen and oxygen atoms in total. The predicted molar refractivity (Wildman–Crippen MR) is 83.1 cm³/mol. The summed E-state index contributed by atoms with van der Waals surface area (Å²) in [7, 11) is 1.66. The average molecular weight is 283 g/mol. The summed E-state index contributed by atoms with van der Waals surface area (Å²) in [6.07, 6.45) is 2.82. The molecule has 0 radical (unpaired) electrons. The fourth-order valence-electron chi connectivity index (χ4n) is 3.12. The quantitative estimate of drug-likeness (QED) is 0.934. The van der Waals surface area contributed by atoms with Crippen molar-refractivity contribution in [1.82, 2.24) is 9.88 Å². The third kappa shape index (κ3) is 2.77. The van der Waals surface area contributed by atoms with Crippen LogP contribution >= 0.6 is 0 Å². The first kappa shape index (κ1) is 14.0. The molecule has 2 aromatic rings. The molecule has 21 heavy (non-hydrogen) atoms. The van der Waals surface area contributed by atoms with Crippen LogP contribution in [0.4, 0.5) is 0 Å². The highest BCUT2D eigenvalue weighted by atomic mass is 16.5. The summed E-state index contributed by atoms with van der Waals surface area (Å²) < 4.78 is 5.36. The first-order valence-corrected chi connectivity index (χ1v) is 7.33. The van der Waals surface area contributed by atoms with Gasteiger partial charge < -0.3 is 10.5 Å². The van der Waals surface area contributed by atoms with E-state index in [1.807, 2.05) is 6.07 Å². The summed E-state index contributed by atoms with van der Waals surface area (Å²) in [5.74, 6) is 0.701. The number of nitrogens with two attached hydrogens (primary N) is 1. The zero-order valence-electron chi connectivity index (χ0n) is 12.3. The van der Waals surface area contributed by atoms with E-state index in [0.717, 1.165) is 25.1 Å². The first-order chi connectivity index (χ1) is 10.3. The van der Waals surface area contributed by atoms with Gasteiger partial charge in [-0.05, 0) is 23.6 Å². The Labute approximate surface area is 125 Å². The minimum atomic E-state index is 0.264. The number of rotatable bonds is 4. The van der Waals surface area contributed by atoms with E-state index in [1.54, 1.807) is 13.3 Å². The van der Waals surface area contributed by atoms with Crippen LogP contribution in [0.5, 0.6) is 5.88 Å². The zero-order chi connectivity index (χ0) is 14.7. The van der Waals surface area contributed by atoms with Crippen LogP contribution in [-0.2, 0) is 13.0 Å². The maximum atomic E-state index is 6.04. The normalized spacial score (nSPS) is 18.3. The number of hydrogen-bond acceptors (Lipinski definition) is 4. The van der Waals surface area contributed by atoms with Crippen LogP contribution < -0.4 is 10.5 Å². The van der Waals surface area contributed by atoms with Crippen molar-refractivity contribution in [3.8, 4) is 5.88 Å². The molecule has 3 rings (SSSR count). The van der Waals surface area contributed by atoms with E-state index in [-0.39, 0.29) is 6.04 Å². The highest BCUT2D eigenvalue weighted by molar-refractivity contribution is 5.33. The Morgan fingerprint density at radius 1 is 1.29 bits per heavy atom. The Hall–Kier alpha value is -1.91. The van der Waals surface area contributed by atoms with Gasteiger partial charge in [0.1, 0.15) is 0 Å². The topological polar surface area (TPSA) is 51.4 Å². The van der Waals surface area contributed by atoms with Crippen LogP contribution in [0.1, 0.15) is 22.7 Å². The summed E-state index contributed by atoms with van der Waals surface area (Å²) in [4.78, 5) is 6.70. The molecule has 0 aliphatic carbocycles. The molecule has 1 unspecified atom stereocenters. The molecule has 0 spiro atoms. The lowest BCUT2D eigenvalue weighted by molar-refractivity contribution is 0.178. The standard InChI is InChI=1S/C17H21N3O/c1-21-17-14(6-4-9-19-17)12-20-10-8-13-5-2-3-7-15(13)16(20)11-18/h2-7,9,16H,8,10-12,18H2,1H3. The molecule has 1 aliphatic heterocycles. The second kappa shape index (κ2) is 6.24. The molecule has 0 amide bonds. The highest BCUT2D eigenvalue weighted by Gasteiger charge is 2.26. The second-order valence-corrected chi connectivity index (χ2v) is 5.34. The Morgan fingerprint density at radius 3 is 2.95 bits per heavy atom. The maximum absolute atomic E-state index is 6.04. The van der Waals surface area contributed by atoms with Crippen molar-refractivity contribution in [2.75, 3.05) is 20.2 Å². The van der Waals surface area contributed by atoms with Gasteiger partial charge in [-0.25, -0.2) is 4.98 Å². The van der Waals surface area contributed by atoms with E-state index < -0.39 is 0 Å². The van der Waals surface area contributed by atoms with E-state index in [0.29, 0.717) is 12.4 Å². The number of benzene rings is 1. The van der Waals surface area contributed by atoms with Gasteiger partial charge in [0.2, 0.25) is 5.88 Å². The molecule has 110 valence electrons. The van der Waals surface area contributed by atoms with E-state index in [2.05, 4.69) is 40.2 Å². The molecule has 1 atom stereocenters. The van der Waals surface area contributed by atoms with Gasteiger partial charge >= 0.3 is 0 Å². The lowest BCUT2D eigenvalue weighted by Crippen LogP contribution is -2.38. The van der Waals surface area contributed by atoms with Crippen LogP contribution in [0.2, 0.25) is 0 Å². The molecule has 4 heteroatoms. The van der Waals surface area contributed by atoms with Gasteiger partial charge in [0, 0.05) is 37.4 Å². The number of methoxy groups -OCH3 is 1. The first-order valence-electron chi connectivity index (χ1n) is 7.33. The Balaban J connectivity index is 1.86. The average Bonchev–Trinajstić information content (AvgIpc) is 2.55. The van der Waals surface area contributed by atoms with Gasteiger partial charge in [-0.2, -0.15) is 0 Å². The summed E-state index contributed by atoms with van der Waals surface area (Å²) in [5, 5.41) is 0. The summed E-state index contributed by atoms with van der Waals surface area (Å²) in [6, 6.07) is 12.9. The lowest BCUT2D eigenvalue weighted by Gasteiger charge is -2.36. The molecule has 2 heterocycles. The fourth-order valence-corrected chi connectivity index (χ4v) is 3.12. The lowest BCUT2D eigenvalue weighted by atomic mass is 9.92. The molecular weight excluding hydrogens is 262 g/mol. The zero-order valence-corrected chi connectivity index (χ0v) is 12.3. The second-order valence-electron chi connectivity index (χ2n) is 5.34. The van der Waals surface area contributed by atoms with Gasteiger partial charge in [-0.3, -0.25) is 4.90 Å². The van der Waals surface area contributed by atoms with Crippen LogP contribution in [0.3, 0.4) is 0 Å².